The van der Waals surface area contributed by atoms with Crippen molar-refractivity contribution in [3.05, 3.63) is 47.7 Å². The maximum absolute atomic E-state index is 11.2. The van der Waals surface area contributed by atoms with Gasteiger partial charge in [0, 0.05) is 6.07 Å². The zero-order valence-corrected chi connectivity index (χ0v) is 10.3. The van der Waals surface area contributed by atoms with Crippen LogP contribution in [0, 0.1) is 0 Å². The molecular weight excluding hydrogens is 232 g/mol. The summed E-state index contributed by atoms with van der Waals surface area (Å²) in [6.07, 6.45) is 0.980. The summed E-state index contributed by atoms with van der Waals surface area (Å²) in [4.78, 5) is 11.2. The molecule has 2 aromatic rings. The van der Waals surface area contributed by atoms with E-state index < -0.39 is 5.97 Å². The van der Waals surface area contributed by atoms with Gasteiger partial charge in [-0.05, 0) is 30.2 Å². The van der Waals surface area contributed by atoms with Gasteiger partial charge < -0.3 is 13.9 Å². The van der Waals surface area contributed by atoms with Crippen LogP contribution in [0.4, 0.5) is 0 Å². The smallest absolute Gasteiger partial charge is 0.374 e. The Morgan fingerprint density at radius 3 is 2.50 bits per heavy atom. The van der Waals surface area contributed by atoms with E-state index in [1.54, 1.807) is 6.07 Å². The number of carbonyl (C=O) groups excluding carboxylic acids is 1. The number of esters is 1. The first-order chi connectivity index (χ1) is 8.72. The number of benzene rings is 1. The maximum atomic E-state index is 11.2. The second-order valence-electron chi connectivity index (χ2n) is 3.71. The number of aryl methyl sites for hydroxylation is 1. The van der Waals surface area contributed by atoms with E-state index in [1.807, 2.05) is 24.3 Å². The zero-order valence-electron chi connectivity index (χ0n) is 10.3. The molecule has 0 N–H and O–H groups in total. The first-order valence-electron chi connectivity index (χ1n) is 5.68. The highest BCUT2D eigenvalue weighted by Gasteiger charge is 2.12. The van der Waals surface area contributed by atoms with Crippen molar-refractivity contribution in [1.82, 2.24) is 0 Å². The van der Waals surface area contributed by atoms with E-state index in [0.717, 1.165) is 6.42 Å². The number of ether oxygens (including phenoxy) is 2. The molecule has 0 radical (unpaired) electrons. The van der Waals surface area contributed by atoms with Gasteiger partial charge in [0.15, 0.2) is 0 Å². The van der Waals surface area contributed by atoms with Crippen LogP contribution in [-0.4, -0.2) is 13.1 Å². The molecule has 1 aromatic carbocycles. The predicted molar refractivity (Wildman–Crippen MR) is 65.9 cm³/mol. The summed E-state index contributed by atoms with van der Waals surface area (Å²) in [5, 5.41) is 0. The Balaban J connectivity index is 2.08. The summed E-state index contributed by atoms with van der Waals surface area (Å²) in [5.74, 6) is 0.529. The third-order valence-electron chi connectivity index (χ3n) is 2.52. The average molecular weight is 246 g/mol. The van der Waals surface area contributed by atoms with Gasteiger partial charge in [0.05, 0.1) is 7.11 Å². The van der Waals surface area contributed by atoms with Crippen LogP contribution in [0.25, 0.3) is 0 Å². The fraction of sp³-hybridized carbons (Fsp3) is 0.214. The van der Waals surface area contributed by atoms with Crippen LogP contribution in [0.3, 0.4) is 0 Å². The molecule has 4 nitrogen and oxygen atoms in total. The van der Waals surface area contributed by atoms with Crippen molar-refractivity contribution in [2.45, 2.75) is 13.3 Å². The predicted octanol–water partition coefficient (Wildman–Crippen LogP) is 3.42. The maximum Gasteiger partial charge on any atom is 0.374 e. The summed E-state index contributed by atoms with van der Waals surface area (Å²) in [5.41, 5.74) is 1.23. The summed E-state index contributed by atoms with van der Waals surface area (Å²) in [6.45, 7) is 2.09. The molecule has 0 fully saturated rings. The molecule has 0 atom stereocenters. The highest BCUT2D eigenvalue weighted by Crippen LogP contribution is 2.24. The number of hydrogen-bond acceptors (Lipinski definition) is 4. The van der Waals surface area contributed by atoms with E-state index in [2.05, 4.69) is 11.7 Å². The van der Waals surface area contributed by atoms with Gasteiger partial charge in [0.25, 0.3) is 5.95 Å². The number of rotatable bonds is 4. The van der Waals surface area contributed by atoms with Crippen molar-refractivity contribution in [2.75, 3.05) is 7.11 Å². The summed E-state index contributed by atoms with van der Waals surface area (Å²) in [6, 6.07) is 10.8. The molecule has 0 aliphatic heterocycles. The van der Waals surface area contributed by atoms with E-state index >= 15 is 0 Å². The Labute approximate surface area is 105 Å². The van der Waals surface area contributed by atoms with Crippen LogP contribution in [0.2, 0.25) is 0 Å². The number of carbonyl (C=O) groups is 1. The molecule has 1 aromatic heterocycles. The van der Waals surface area contributed by atoms with Crippen molar-refractivity contribution in [3.8, 4) is 11.7 Å². The molecule has 0 spiro atoms. The van der Waals surface area contributed by atoms with E-state index in [-0.39, 0.29) is 11.7 Å². The van der Waals surface area contributed by atoms with Crippen LogP contribution >= 0.6 is 0 Å². The highest BCUT2D eigenvalue weighted by molar-refractivity contribution is 5.86. The number of furan rings is 1. The molecule has 0 unspecified atom stereocenters. The summed E-state index contributed by atoms with van der Waals surface area (Å²) >= 11 is 0. The third-order valence-corrected chi connectivity index (χ3v) is 2.52. The molecule has 2 rings (SSSR count). The van der Waals surface area contributed by atoms with Gasteiger partial charge in [-0.2, -0.15) is 0 Å². The zero-order chi connectivity index (χ0) is 13.0. The number of hydrogen-bond donors (Lipinski definition) is 0. The lowest BCUT2D eigenvalue weighted by molar-refractivity contribution is 0.0560. The van der Waals surface area contributed by atoms with Gasteiger partial charge in [-0.15, -0.1) is 0 Å². The molecule has 0 aliphatic carbocycles. The first kappa shape index (κ1) is 12.2. The highest BCUT2D eigenvalue weighted by atomic mass is 16.6. The van der Waals surface area contributed by atoms with Gasteiger partial charge in [0.2, 0.25) is 5.76 Å². The fourth-order valence-corrected chi connectivity index (χ4v) is 1.49. The van der Waals surface area contributed by atoms with E-state index in [9.17, 15) is 4.79 Å². The normalized spacial score (nSPS) is 10.1. The quantitative estimate of drug-likeness (QED) is 0.775. The van der Waals surface area contributed by atoms with Crippen molar-refractivity contribution in [3.63, 3.8) is 0 Å². The van der Waals surface area contributed by atoms with Crippen LogP contribution in [0.15, 0.2) is 40.8 Å². The van der Waals surface area contributed by atoms with Crippen LogP contribution in [0.1, 0.15) is 23.0 Å². The van der Waals surface area contributed by atoms with E-state index in [0.29, 0.717) is 5.75 Å². The number of methoxy groups -OCH3 is 1. The SMILES string of the molecule is CCc1ccc(Oc2ccc(C(=O)OC)o2)cc1. The van der Waals surface area contributed by atoms with E-state index in [4.69, 9.17) is 9.15 Å². The first-order valence-corrected chi connectivity index (χ1v) is 5.68. The van der Waals surface area contributed by atoms with Gasteiger partial charge in [0.1, 0.15) is 5.75 Å². The van der Waals surface area contributed by atoms with Gasteiger partial charge in [-0.25, -0.2) is 4.79 Å². The van der Waals surface area contributed by atoms with Crippen molar-refractivity contribution >= 4 is 5.97 Å². The van der Waals surface area contributed by atoms with Gasteiger partial charge in [-0.3, -0.25) is 0 Å². The van der Waals surface area contributed by atoms with Gasteiger partial charge in [-0.1, -0.05) is 19.1 Å². The molecule has 0 aliphatic rings. The lowest BCUT2D eigenvalue weighted by Crippen LogP contribution is -1.98. The minimum atomic E-state index is -0.522. The summed E-state index contributed by atoms with van der Waals surface area (Å²) < 4.78 is 15.2. The van der Waals surface area contributed by atoms with Crippen LogP contribution in [0.5, 0.6) is 11.7 Å². The molecule has 0 amide bonds. The van der Waals surface area contributed by atoms with Crippen molar-refractivity contribution in [1.29, 1.82) is 0 Å². The third kappa shape index (κ3) is 2.71. The lowest BCUT2D eigenvalue weighted by Gasteiger charge is -2.02. The van der Waals surface area contributed by atoms with Gasteiger partial charge >= 0.3 is 5.97 Å². The molecule has 0 bridgehead atoms. The molecule has 0 saturated heterocycles. The Hall–Kier alpha value is -2.23. The van der Waals surface area contributed by atoms with Crippen LogP contribution in [-0.2, 0) is 11.2 Å². The lowest BCUT2D eigenvalue weighted by atomic mass is 10.2. The Morgan fingerprint density at radius 1 is 1.17 bits per heavy atom. The fourth-order valence-electron chi connectivity index (χ4n) is 1.49. The average Bonchev–Trinajstić information content (AvgIpc) is 2.87. The largest absolute Gasteiger partial charge is 0.463 e. The Bertz CT molecular complexity index is 525. The minimum Gasteiger partial charge on any atom is -0.463 e. The second-order valence-corrected chi connectivity index (χ2v) is 3.71. The molecular formula is C14H14O4. The molecule has 94 valence electrons. The topological polar surface area (TPSA) is 48.7 Å². The van der Waals surface area contributed by atoms with Crippen molar-refractivity contribution < 1.29 is 18.7 Å². The minimum absolute atomic E-state index is 0.123. The van der Waals surface area contributed by atoms with Crippen LogP contribution < -0.4 is 4.74 Å². The molecule has 18 heavy (non-hydrogen) atoms. The Morgan fingerprint density at radius 2 is 1.89 bits per heavy atom. The Kier molecular flexibility index (Phi) is 3.67. The molecule has 4 heteroatoms. The van der Waals surface area contributed by atoms with Crippen molar-refractivity contribution in [2.24, 2.45) is 0 Å². The monoisotopic (exact) mass is 246 g/mol. The standard InChI is InChI=1S/C14H14O4/c1-3-10-4-6-11(7-5-10)17-13-9-8-12(18-13)14(15)16-2/h4-9H,3H2,1-2H3. The molecule has 0 saturated carbocycles. The summed E-state index contributed by atoms with van der Waals surface area (Å²) in [7, 11) is 1.30. The second kappa shape index (κ2) is 5.40. The molecule has 1 heterocycles. The van der Waals surface area contributed by atoms with E-state index in [1.165, 1.54) is 18.7 Å².